The third-order valence-corrected chi connectivity index (χ3v) is 3.91. The van der Waals surface area contributed by atoms with Gasteiger partial charge in [-0.15, -0.1) is 0 Å². The van der Waals surface area contributed by atoms with Gasteiger partial charge in [-0.3, -0.25) is 0 Å². The van der Waals surface area contributed by atoms with Crippen molar-refractivity contribution in [3.05, 3.63) is 65.9 Å². The quantitative estimate of drug-likeness (QED) is 0.517. The predicted molar refractivity (Wildman–Crippen MR) is 112 cm³/mol. The molecule has 0 unspecified atom stereocenters. The Hall–Kier alpha value is -3.80. The number of nitrogens with zero attached hydrogens (tertiary/aromatic N) is 3. The molecule has 3 rings (SSSR count). The molecule has 2 N–H and O–H groups in total. The number of benzene rings is 2. The van der Waals surface area contributed by atoms with Gasteiger partial charge in [0.15, 0.2) is 0 Å². The number of anilines is 4. The number of ether oxygens (including phenoxy) is 1. The fourth-order valence-corrected chi connectivity index (χ4v) is 2.60. The summed E-state index contributed by atoms with van der Waals surface area (Å²) in [6.07, 6.45) is -3.91. The van der Waals surface area contributed by atoms with Crippen molar-refractivity contribution in [3.63, 3.8) is 0 Å². The minimum Gasteiger partial charge on any atom is -0.488 e. The molecule has 0 aliphatic rings. The maximum atomic E-state index is 13.5. The van der Waals surface area contributed by atoms with Gasteiger partial charge in [0.05, 0.1) is 11.6 Å². The van der Waals surface area contributed by atoms with Gasteiger partial charge in [-0.2, -0.15) is 23.4 Å². The maximum Gasteiger partial charge on any atom is 0.421 e. The van der Waals surface area contributed by atoms with Crippen LogP contribution >= 0.6 is 0 Å². The number of alkyl halides is 3. The topological polar surface area (TPSA) is 82.9 Å². The highest BCUT2D eigenvalue weighted by atomic mass is 19.4. The highest BCUT2D eigenvalue weighted by molar-refractivity contribution is 5.63. The van der Waals surface area contributed by atoms with Gasteiger partial charge in [-0.05, 0) is 69.3 Å². The first-order valence-electron chi connectivity index (χ1n) is 9.31. The molecular weight excluding hydrogens is 407 g/mol. The zero-order chi connectivity index (χ0) is 22.6. The molecule has 160 valence electrons. The SMILES string of the molecule is CC(C)(C)Oc1ccc(Nc2nc(Nc3ccc(C#N)cc3)ncc2C(F)(F)F)cc1. The molecule has 0 saturated carbocycles. The lowest BCUT2D eigenvalue weighted by atomic mass is 10.2. The van der Waals surface area contributed by atoms with Crippen LogP contribution in [0.15, 0.2) is 54.7 Å². The van der Waals surface area contributed by atoms with Crippen molar-refractivity contribution in [2.24, 2.45) is 0 Å². The summed E-state index contributed by atoms with van der Waals surface area (Å²) >= 11 is 0. The summed E-state index contributed by atoms with van der Waals surface area (Å²) < 4.78 is 46.1. The van der Waals surface area contributed by atoms with Crippen LogP contribution in [0.5, 0.6) is 5.75 Å². The van der Waals surface area contributed by atoms with Crippen LogP contribution in [0.4, 0.5) is 36.3 Å². The maximum absolute atomic E-state index is 13.5. The zero-order valence-electron chi connectivity index (χ0n) is 17.1. The third-order valence-electron chi connectivity index (χ3n) is 3.91. The van der Waals surface area contributed by atoms with Gasteiger partial charge in [0.1, 0.15) is 22.7 Å². The Balaban J connectivity index is 1.86. The van der Waals surface area contributed by atoms with Crippen molar-refractivity contribution >= 4 is 23.1 Å². The lowest BCUT2D eigenvalue weighted by Crippen LogP contribution is -2.22. The molecule has 9 heteroatoms. The Bertz CT molecular complexity index is 1080. The molecule has 0 fully saturated rings. The normalized spacial score (nSPS) is 11.5. The molecule has 6 nitrogen and oxygen atoms in total. The highest BCUT2D eigenvalue weighted by Gasteiger charge is 2.35. The summed E-state index contributed by atoms with van der Waals surface area (Å²) in [4.78, 5) is 7.78. The molecule has 0 aliphatic heterocycles. The van der Waals surface area contributed by atoms with E-state index in [2.05, 4.69) is 20.6 Å². The summed E-state index contributed by atoms with van der Waals surface area (Å²) in [5.41, 5.74) is 0.0213. The van der Waals surface area contributed by atoms with Crippen molar-refractivity contribution in [2.75, 3.05) is 10.6 Å². The van der Waals surface area contributed by atoms with Gasteiger partial charge < -0.3 is 15.4 Å². The lowest BCUT2D eigenvalue weighted by Gasteiger charge is -2.21. The second-order valence-corrected chi connectivity index (χ2v) is 7.63. The van der Waals surface area contributed by atoms with E-state index in [1.807, 2.05) is 26.8 Å². The van der Waals surface area contributed by atoms with E-state index >= 15 is 0 Å². The van der Waals surface area contributed by atoms with E-state index < -0.39 is 17.3 Å². The average molecular weight is 427 g/mol. The van der Waals surface area contributed by atoms with Crippen molar-refractivity contribution in [1.29, 1.82) is 5.26 Å². The minimum absolute atomic E-state index is 0.0205. The van der Waals surface area contributed by atoms with Gasteiger partial charge in [-0.1, -0.05) is 0 Å². The number of halogens is 3. The Morgan fingerprint density at radius 1 is 0.903 bits per heavy atom. The first-order valence-corrected chi connectivity index (χ1v) is 9.31. The molecule has 0 atom stereocenters. The van der Waals surface area contributed by atoms with Crippen LogP contribution < -0.4 is 15.4 Å². The number of hydrogen-bond acceptors (Lipinski definition) is 6. The highest BCUT2D eigenvalue weighted by Crippen LogP contribution is 2.35. The molecule has 0 spiro atoms. The van der Waals surface area contributed by atoms with Crippen LogP contribution in [-0.4, -0.2) is 15.6 Å². The molecule has 0 amide bonds. The largest absolute Gasteiger partial charge is 0.488 e. The zero-order valence-corrected chi connectivity index (χ0v) is 17.1. The van der Waals surface area contributed by atoms with Gasteiger partial charge in [0.2, 0.25) is 5.95 Å². The average Bonchev–Trinajstić information content (AvgIpc) is 2.68. The Labute approximate surface area is 177 Å². The van der Waals surface area contributed by atoms with Crippen LogP contribution in [0.3, 0.4) is 0 Å². The van der Waals surface area contributed by atoms with Crippen LogP contribution in [0.2, 0.25) is 0 Å². The number of rotatable bonds is 5. The number of nitrogens with one attached hydrogen (secondary N) is 2. The smallest absolute Gasteiger partial charge is 0.421 e. The van der Waals surface area contributed by atoms with Crippen LogP contribution in [0, 0.1) is 11.3 Å². The molecule has 0 bridgehead atoms. The molecule has 2 aromatic carbocycles. The Kier molecular flexibility index (Phi) is 6.02. The molecule has 31 heavy (non-hydrogen) atoms. The molecular formula is C22H20F3N5O. The summed E-state index contributed by atoms with van der Waals surface area (Å²) in [6.45, 7) is 5.70. The van der Waals surface area contributed by atoms with E-state index in [9.17, 15) is 13.2 Å². The van der Waals surface area contributed by atoms with E-state index in [1.165, 1.54) is 0 Å². The first kappa shape index (κ1) is 21.9. The van der Waals surface area contributed by atoms with Crippen molar-refractivity contribution in [3.8, 4) is 11.8 Å². The molecule has 1 aromatic heterocycles. The molecule has 0 saturated heterocycles. The fraction of sp³-hybridized carbons (Fsp3) is 0.227. The number of aromatic nitrogens is 2. The lowest BCUT2D eigenvalue weighted by molar-refractivity contribution is -0.137. The van der Waals surface area contributed by atoms with E-state index in [-0.39, 0.29) is 11.8 Å². The molecule has 1 heterocycles. The van der Waals surface area contributed by atoms with Gasteiger partial charge in [0.25, 0.3) is 0 Å². The van der Waals surface area contributed by atoms with Crippen molar-refractivity contribution in [1.82, 2.24) is 9.97 Å². The Morgan fingerprint density at radius 3 is 2.03 bits per heavy atom. The second-order valence-electron chi connectivity index (χ2n) is 7.63. The van der Waals surface area contributed by atoms with E-state index in [0.29, 0.717) is 22.7 Å². The summed E-state index contributed by atoms with van der Waals surface area (Å²) in [5, 5.41) is 14.4. The standard InChI is InChI=1S/C22H20F3N5O/c1-21(2,3)31-17-10-8-15(9-11-17)28-19-18(22(23,24)25)13-27-20(30-19)29-16-6-4-14(12-26)5-7-16/h4-11,13H,1-3H3,(H2,27,28,29,30). The van der Waals surface area contributed by atoms with Gasteiger partial charge in [0, 0.05) is 17.6 Å². The molecule has 3 aromatic rings. The van der Waals surface area contributed by atoms with Crippen LogP contribution in [-0.2, 0) is 6.18 Å². The second kappa shape index (κ2) is 8.52. The number of hydrogen-bond donors (Lipinski definition) is 2. The summed E-state index contributed by atoms with van der Waals surface area (Å²) in [7, 11) is 0. The van der Waals surface area contributed by atoms with Crippen molar-refractivity contribution in [2.45, 2.75) is 32.5 Å². The Morgan fingerprint density at radius 2 is 1.48 bits per heavy atom. The molecule has 0 radical (unpaired) electrons. The first-order chi connectivity index (χ1) is 14.5. The fourth-order valence-electron chi connectivity index (χ4n) is 2.60. The van der Waals surface area contributed by atoms with E-state index in [0.717, 1.165) is 6.20 Å². The third kappa shape index (κ3) is 6.09. The van der Waals surface area contributed by atoms with Crippen LogP contribution in [0.25, 0.3) is 0 Å². The van der Waals surface area contributed by atoms with Crippen molar-refractivity contribution < 1.29 is 17.9 Å². The van der Waals surface area contributed by atoms with E-state index in [1.54, 1.807) is 48.5 Å². The van der Waals surface area contributed by atoms with Gasteiger partial charge in [-0.25, -0.2) is 4.98 Å². The summed E-state index contributed by atoms with van der Waals surface area (Å²) in [5.74, 6) is 0.191. The van der Waals surface area contributed by atoms with Gasteiger partial charge >= 0.3 is 6.18 Å². The monoisotopic (exact) mass is 427 g/mol. The van der Waals surface area contributed by atoms with E-state index in [4.69, 9.17) is 10.00 Å². The number of nitriles is 1. The van der Waals surface area contributed by atoms with Crippen LogP contribution in [0.1, 0.15) is 31.9 Å². The predicted octanol–water partition coefficient (Wildman–Crippen LogP) is 6.03. The molecule has 0 aliphatic carbocycles. The minimum atomic E-state index is -4.63. The summed E-state index contributed by atoms with van der Waals surface area (Å²) in [6, 6.07) is 14.9.